The molecule has 1 N–H and O–H groups in total. The molecule has 96 valence electrons. The molecule has 0 aliphatic rings. The Morgan fingerprint density at radius 1 is 1.39 bits per heavy atom. The van der Waals surface area contributed by atoms with E-state index >= 15 is 0 Å². The molecule has 0 aliphatic carbocycles. The zero-order valence-corrected chi connectivity index (χ0v) is 10.8. The van der Waals surface area contributed by atoms with Crippen LogP contribution in [0.25, 0.3) is 11.0 Å². The molecule has 1 aromatic heterocycles. The second-order valence-electron chi connectivity index (χ2n) is 4.87. The lowest BCUT2D eigenvalue weighted by molar-refractivity contribution is -0.915. The van der Waals surface area contributed by atoms with Crippen molar-refractivity contribution in [1.82, 2.24) is 0 Å². The summed E-state index contributed by atoms with van der Waals surface area (Å²) in [4.78, 5) is 12.4. The lowest BCUT2D eigenvalue weighted by Crippen LogP contribution is -3.10. The first-order chi connectivity index (χ1) is 8.50. The number of benzene rings is 1. The Morgan fingerprint density at radius 2 is 2.06 bits per heavy atom. The quantitative estimate of drug-likeness (QED) is 0.841. The molecule has 0 fully saturated rings. The van der Waals surface area contributed by atoms with Crippen LogP contribution in [0.4, 0.5) is 0 Å². The van der Waals surface area contributed by atoms with Gasteiger partial charge in [0.05, 0.1) is 18.7 Å². The maximum absolute atomic E-state index is 11.1. The highest BCUT2D eigenvalue weighted by atomic mass is 16.4. The Bertz CT molecular complexity index is 571. The highest BCUT2D eigenvalue weighted by Gasteiger charge is 2.19. The number of carbonyl (C=O) groups is 1. The Hall–Kier alpha value is -1.81. The van der Waals surface area contributed by atoms with Gasteiger partial charge in [0.25, 0.3) is 0 Å². The maximum Gasteiger partial charge on any atom is 0.159 e. The van der Waals surface area contributed by atoms with E-state index in [1.54, 1.807) is 6.07 Å². The summed E-state index contributed by atoms with van der Waals surface area (Å²) in [5.74, 6) is -1.30. The molecule has 2 rings (SSSR count). The number of nitrogens with one attached hydrogen (secondary N) is 1. The van der Waals surface area contributed by atoms with Gasteiger partial charge in [0, 0.05) is 5.39 Å². The summed E-state index contributed by atoms with van der Waals surface area (Å²) >= 11 is 0. The summed E-state index contributed by atoms with van der Waals surface area (Å²) in [5, 5.41) is 12.0. The highest BCUT2D eigenvalue weighted by molar-refractivity contribution is 5.93. The van der Waals surface area contributed by atoms with Crippen molar-refractivity contribution in [2.24, 2.45) is 0 Å². The van der Waals surface area contributed by atoms with Crippen molar-refractivity contribution < 1.29 is 19.2 Å². The van der Waals surface area contributed by atoms with Crippen molar-refractivity contribution in [1.29, 1.82) is 0 Å². The summed E-state index contributed by atoms with van der Waals surface area (Å²) < 4.78 is 5.37. The summed E-state index contributed by atoms with van der Waals surface area (Å²) in [6.07, 6.45) is 0. The van der Waals surface area contributed by atoms with Crippen molar-refractivity contribution in [3.05, 3.63) is 35.6 Å². The fraction of sp³-hybridized carbons (Fsp3) is 0.357. The largest absolute Gasteiger partial charge is 0.542 e. The van der Waals surface area contributed by atoms with Crippen LogP contribution in [-0.4, -0.2) is 19.1 Å². The number of rotatable bonds is 4. The molecule has 0 saturated heterocycles. The number of carbonyl (C=O) groups excluding carboxylic acids is 1. The minimum atomic E-state index is -1.25. The molecule has 1 atom stereocenters. The fourth-order valence-corrected chi connectivity index (χ4v) is 1.92. The van der Waals surface area contributed by atoms with E-state index in [4.69, 9.17) is 4.42 Å². The number of aromatic carboxylic acids is 1. The highest BCUT2D eigenvalue weighted by Crippen LogP contribution is 2.24. The van der Waals surface area contributed by atoms with Crippen molar-refractivity contribution in [2.75, 3.05) is 7.05 Å². The number of para-hydroxylation sites is 1. The van der Waals surface area contributed by atoms with E-state index in [1.165, 1.54) is 4.90 Å². The Kier molecular flexibility index (Phi) is 3.39. The van der Waals surface area contributed by atoms with Gasteiger partial charge in [0.2, 0.25) is 0 Å². The molecule has 2 aromatic rings. The van der Waals surface area contributed by atoms with Crippen LogP contribution < -0.4 is 10.0 Å². The third kappa shape index (κ3) is 2.24. The van der Waals surface area contributed by atoms with E-state index in [-0.39, 0.29) is 5.76 Å². The maximum atomic E-state index is 11.1. The minimum Gasteiger partial charge on any atom is -0.542 e. The zero-order chi connectivity index (χ0) is 13.3. The molecule has 1 aromatic carbocycles. The molecular weight excluding hydrogens is 230 g/mol. The van der Waals surface area contributed by atoms with Crippen LogP contribution >= 0.6 is 0 Å². The predicted octanol–water partition coefficient (Wildman–Crippen LogP) is 0.219. The van der Waals surface area contributed by atoms with Gasteiger partial charge in [-0.15, -0.1) is 0 Å². The molecule has 0 amide bonds. The van der Waals surface area contributed by atoms with Crippen LogP contribution in [0, 0.1) is 0 Å². The first kappa shape index (κ1) is 12.6. The van der Waals surface area contributed by atoms with Gasteiger partial charge < -0.3 is 19.2 Å². The van der Waals surface area contributed by atoms with E-state index in [0.29, 0.717) is 18.2 Å². The molecule has 0 aliphatic heterocycles. The molecule has 0 saturated carbocycles. The molecule has 1 unspecified atom stereocenters. The molecule has 4 heteroatoms. The topological polar surface area (TPSA) is 57.7 Å². The van der Waals surface area contributed by atoms with Gasteiger partial charge >= 0.3 is 0 Å². The first-order valence-corrected chi connectivity index (χ1v) is 6.04. The van der Waals surface area contributed by atoms with Gasteiger partial charge in [0.1, 0.15) is 18.1 Å². The second kappa shape index (κ2) is 4.82. The van der Waals surface area contributed by atoms with E-state index in [1.807, 2.05) is 25.2 Å². The van der Waals surface area contributed by atoms with Crippen molar-refractivity contribution >= 4 is 16.9 Å². The Labute approximate surface area is 106 Å². The lowest BCUT2D eigenvalue weighted by atomic mass is 10.1. The molecule has 1 heterocycles. The van der Waals surface area contributed by atoms with E-state index in [0.717, 1.165) is 10.9 Å². The van der Waals surface area contributed by atoms with Gasteiger partial charge in [-0.2, -0.15) is 0 Å². The summed E-state index contributed by atoms with van der Waals surface area (Å²) in [6, 6.07) is 7.77. The van der Waals surface area contributed by atoms with Crippen LogP contribution in [0.5, 0.6) is 0 Å². The lowest BCUT2D eigenvalue weighted by Gasteiger charge is -2.18. The van der Waals surface area contributed by atoms with Crippen LogP contribution in [0.15, 0.2) is 28.7 Å². The van der Waals surface area contributed by atoms with Crippen LogP contribution in [0.3, 0.4) is 0 Å². The Morgan fingerprint density at radius 3 is 2.67 bits per heavy atom. The number of furan rings is 1. The number of carboxylic acid groups (broad SMARTS) is 1. The average Bonchev–Trinajstić information content (AvgIpc) is 2.68. The predicted molar refractivity (Wildman–Crippen MR) is 66.3 cm³/mol. The third-order valence-corrected chi connectivity index (χ3v) is 3.32. The molecule has 18 heavy (non-hydrogen) atoms. The van der Waals surface area contributed by atoms with Gasteiger partial charge in [0.15, 0.2) is 5.76 Å². The second-order valence-corrected chi connectivity index (χ2v) is 4.87. The van der Waals surface area contributed by atoms with Gasteiger partial charge in [-0.1, -0.05) is 18.2 Å². The standard InChI is InChI=1S/C14H17NO3/c1-9(2)15(3)8-11-10-6-4-5-7-12(10)18-13(11)14(16)17/h4-7,9H,8H2,1-3H3,(H,16,17). The zero-order valence-electron chi connectivity index (χ0n) is 10.8. The van der Waals surface area contributed by atoms with Crippen LogP contribution in [0.2, 0.25) is 0 Å². The fourth-order valence-electron chi connectivity index (χ4n) is 1.92. The SMILES string of the molecule is CC(C)[NH+](C)Cc1c(C(=O)[O-])oc2ccccc12. The van der Waals surface area contributed by atoms with Crippen molar-refractivity contribution in [2.45, 2.75) is 26.4 Å². The monoisotopic (exact) mass is 247 g/mol. The molecule has 0 radical (unpaired) electrons. The smallest absolute Gasteiger partial charge is 0.159 e. The van der Waals surface area contributed by atoms with Gasteiger partial charge in [-0.25, -0.2) is 0 Å². The van der Waals surface area contributed by atoms with Gasteiger partial charge in [-0.05, 0) is 19.9 Å². The molecular formula is C14H17NO3. The number of carboxylic acids is 1. The normalized spacial score (nSPS) is 13.1. The summed E-state index contributed by atoms with van der Waals surface area (Å²) in [5.41, 5.74) is 1.32. The van der Waals surface area contributed by atoms with E-state index < -0.39 is 5.97 Å². The summed E-state index contributed by atoms with van der Waals surface area (Å²) in [7, 11) is 2.03. The first-order valence-electron chi connectivity index (χ1n) is 6.04. The number of fused-ring (bicyclic) bond motifs is 1. The van der Waals surface area contributed by atoms with Crippen LogP contribution in [0.1, 0.15) is 30.0 Å². The summed E-state index contributed by atoms with van der Waals surface area (Å²) in [6.45, 7) is 4.80. The molecule has 0 bridgehead atoms. The van der Waals surface area contributed by atoms with E-state index in [2.05, 4.69) is 13.8 Å². The van der Waals surface area contributed by atoms with Crippen molar-refractivity contribution in [3.63, 3.8) is 0 Å². The number of hydrogen-bond acceptors (Lipinski definition) is 3. The van der Waals surface area contributed by atoms with E-state index in [9.17, 15) is 9.90 Å². The molecule has 4 nitrogen and oxygen atoms in total. The molecule has 0 spiro atoms. The van der Waals surface area contributed by atoms with Crippen molar-refractivity contribution in [3.8, 4) is 0 Å². The third-order valence-electron chi connectivity index (χ3n) is 3.32. The number of quaternary nitrogens is 1. The number of hydrogen-bond donors (Lipinski definition) is 1. The Balaban J connectivity index is 2.52. The van der Waals surface area contributed by atoms with Gasteiger partial charge in [-0.3, -0.25) is 0 Å². The van der Waals surface area contributed by atoms with Crippen LogP contribution in [-0.2, 0) is 6.54 Å². The minimum absolute atomic E-state index is 0.0452. The average molecular weight is 247 g/mol.